The van der Waals surface area contributed by atoms with E-state index in [1.54, 1.807) is 0 Å². The van der Waals surface area contributed by atoms with E-state index >= 15 is 0 Å². The smallest absolute Gasteiger partial charge is 0.161 e. The molecule has 0 bridgehead atoms. The zero-order valence-electron chi connectivity index (χ0n) is 6.15. The second-order valence-corrected chi connectivity index (χ2v) is 3.96. The van der Waals surface area contributed by atoms with Gasteiger partial charge in [0.05, 0.1) is 4.88 Å². The molecule has 2 rings (SSSR count). The molecule has 0 aliphatic rings. The molecule has 1 nitrogen and oxygen atoms in total. The van der Waals surface area contributed by atoms with E-state index in [0.29, 0.717) is 4.88 Å². The van der Waals surface area contributed by atoms with Crippen molar-refractivity contribution in [2.45, 2.75) is 4.90 Å². The van der Waals surface area contributed by atoms with E-state index in [2.05, 4.69) is 12.6 Å². The highest BCUT2D eigenvalue weighted by Crippen LogP contribution is 2.32. The summed E-state index contributed by atoms with van der Waals surface area (Å²) in [5, 5.41) is 1.06. The number of fused-ring (bicyclic) bond motifs is 1. The molecule has 12 heavy (non-hydrogen) atoms. The molecule has 2 aromatic rings. The van der Waals surface area contributed by atoms with Gasteiger partial charge in [0, 0.05) is 15.0 Å². The fourth-order valence-electron chi connectivity index (χ4n) is 1.13. The van der Waals surface area contributed by atoms with E-state index < -0.39 is 0 Å². The van der Waals surface area contributed by atoms with Crippen molar-refractivity contribution in [3.05, 3.63) is 29.1 Å². The van der Waals surface area contributed by atoms with Crippen LogP contribution in [0, 0.1) is 0 Å². The molecule has 0 N–H and O–H groups in total. The molecule has 0 saturated carbocycles. The first-order valence-corrected chi connectivity index (χ1v) is 4.75. The summed E-state index contributed by atoms with van der Waals surface area (Å²) in [5.74, 6) is 0. The first-order chi connectivity index (χ1) is 5.83. The quantitative estimate of drug-likeness (QED) is 0.545. The lowest BCUT2D eigenvalue weighted by molar-refractivity contribution is 0.112. The lowest BCUT2D eigenvalue weighted by Gasteiger charge is -1.87. The standard InChI is InChI=1S/C9H6OS2/c10-5-8-9(11)6-3-1-2-4-7(6)12-8/h1-5,11H. The topological polar surface area (TPSA) is 17.1 Å². The fourth-order valence-corrected chi connectivity index (χ4v) is 2.51. The zero-order chi connectivity index (χ0) is 8.55. The molecule has 1 aromatic carbocycles. The number of hydrogen-bond donors (Lipinski definition) is 1. The average Bonchev–Trinajstić information content (AvgIpc) is 2.44. The zero-order valence-corrected chi connectivity index (χ0v) is 7.86. The van der Waals surface area contributed by atoms with E-state index in [0.717, 1.165) is 21.3 Å². The molecule has 1 heterocycles. The third kappa shape index (κ3) is 1.06. The maximum Gasteiger partial charge on any atom is 0.161 e. The van der Waals surface area contributed by atoms with Crippen LogP contribution in [0.3, 0.4) is 0 Å². The van der Waals surface area contributed by atoms with Crippen LogP contribution in [0.4, 0.5) is 0 Å². The monoisotopic (exact) mass is 194 g/mol. The van der Waals surface area contributed by atoms with E-state index in [1.165, 1.54) is 11.3 Å². The van der Waals surface area contributed by atoms with Crippen LogP contribution in [0.5, 0.6) is 0 Å². The Kier molecular flexibility index (Phi) is 1.90. The van der Waals surface area contributed by atoms with E-state index in [-0.39, 0.29) is 0 Å². The molecule has 1 aromatic heterocycles. The summed E-state index contributed by atoms with van der Waals surface area (Å²) in [4.78, 5) is 12.1. The van der Waals surface area contributed by atoms with Crippen molar-refractivity contribution in [2.75, 3.05) is 0 Å². The normalized spacial score (nSPS) is 10.4. The maximum absolute atomic E-state index is 10.6. The first-order valence-electron chi connectivity index (χ1n) is 3.48. The minimum absolute atomic E-state index is 0.708. The Morgan fingerprint density at radius 3 is 2.75 bits per heavy atom. The van der Waals surface area contributed by atoms with Gasteiger partial charge in [0.25, 0.3) is 0 Å². The molecular weight excluding hydrogens is 188 g/mol. The average molecular weight is 194 g/mol. The van der Waals surface area contributed by atoms with Gasteiger partial charge in [0.1, 0.15) is 0 Å². The second-order valence-electron chi connectivity index (χ2n) is 2.43. The number of hydrogen-bond acceptors (Lipinski definition) is 3. The van der Waals surface area contributed by atoms with Crippen molar-refractivity contribution < 1.29 is 4.79 Å². The van der Waals surface area contributed by atoms with Crippen molar-refractivity contribution in [1.29, 1.82) is 0 Å². The molecular formula is C9H6OS2. The summed E-state index contributed by atoms with van der Waals surface area (Å²) in [7, 11) is 0. The first kappa shape index (κ1) is 7.83. The van der Waals surface area contributed by atoms with Crippen molar-refractivity contribution in [2.24, 2.45) is 0 Å². The molecule has 0 saturated heterocycles. The summed E-state index contributed by atoms with van der Waals surface area (Å²) in [6.45, 7) is 0. The number of benzene rings is 1. The van der Waals surface area contributed by atoms with Gasteiger partial charge >= 0.3 is 0 Å². The van der Waals surface area contributed by atoms with Crippen LogP contribution in [0.25, 0.3) is 10.1 Å². The minimum Gasteiger partial charge on any atom is -0.297 e. The molecule has 0 amide bonds. The van der Waals surface area contributed by atoms with Gasteiger partial charge in [0.2, 0.25) is 0 Å². The van der Waals surface area contributed by atoms with Gasteiger partial charge in [-0.05, 0) is 6.07 Å². The summed E-state index contributed by atoms with van der Waals surface area (Å²) in [6.07, 6.45) is 0.854. The van der Waals surface area contributed by atoms with Crippen LogP contribution in [0.1, 0.15) is 9.67 Å². The number of carbonyl (C=O) groups is 1. The molecule has 3 heteroatoms. The second kappa shape index (κ2) is 2.92. The van der Waals surface area contributed by atoms with Crippen molar-refractivity contribution in [3.8, 4) is 0 Å². The van der Waals surface area contributed by atoms with Crippen molar-refractivity contribution >= 4 is 40.3 Å². The van der Waals surface area contributed by atoms with Crippen LogP contribution in [0.2, 0.25) is 0 Å². The Morgan fingerprint density at radius 1 is 1.33 bits per heavy atom. The summed E-state index contributed by atoms with van der Waals surface area (Å²) in [6, 6.07) is 7.87. The van der Waals surface area contributed by atoms with E-state index in [9.17, 15) is 4.79 Å². The Labute approximate surface area is 79.4 Å². The van der Waals surface area contributed by atoms with Crippen LogP contribution in [-0.4, -0.2) is 6.29 Å². The SMILES string of the molecule is O=Cc1sc2ccccc2c1S. The van der Waals surface area contributed by atoms with Gasteiger partial charge in [-0.1, -0.05) is 18.2 Å². The molecule has 0 aliphatic carbocycles. The van der Waals surface area contributed by atoms with Gasteiger partial charge in [-0.2, -0.15) is 0 Å². The predicted octanol–water partition coefficient (Wildman–Crippen LogP) is 3.00. The Morgan fingerprint density at radius 2 is 2.08 bits per heavy atom. The van der Waals surface area contributed by atoms with Crippen LogP contribution in [-0.2, 0) is 0 Å². The highest BCUT2D eigenvalue weighted by molar-refractivity contribution is 7.81. The largest absolute Gasteiger partial charge is 0.297 e. The lowest BCUT2D eigenvalue weighted by atomic mass is 10.2. The van der Waals surface area contributed by atoms with Gasteiger partial charge in [-0.3, -0.25) is 4.79 Å². The molecule has 0 spiro atoms. The Bertz CT molecular complexity index is 431. The number of carbonyl (C=O) groups excluding carboxylic acids is 1. The molecule has 0 fully saturated rings. The van der Waals surface area contributed by atoms with Crippen LogP contribution in [0.15, 0.2) is 29.2 Å². The minimum atomic E-state index is 0.708. The van der Waals surface area contributed by atoms with Gasteiger partial charge in [-0.25, -0.2) is 0 Å². The highest BCUT2D eigenvalue weighted by atomic mass is 32.1. The lowest BCUT2D eigenvalue weighted by Crippen LogP contribution is -1.70. The van der Waals surface area contributed by atoms with Gasteiger partial charge in [0.15, 0.2) is 6.29 Å². The summed E-state index contributed by atoms with van der Waals surface area (Å²) >= 11 is 5.75. The molecule has 0 atom stereocenters. The van der Waals surface area contributed by atoms with Crippen molar-refractivity contribution in [3.63, 3.8) is 0 Å². The van der Waals surface area contributed by atoms with E-state index in [1.807, 2.05) is 24.3 Å². The number of thiol groups is 1. The fraction of sp³-hybridized carbons (Fsp3) is 0. The van der Waals surface area contributed by atoms with Crippen LogP contribution >= 0.6 is 24.0 Å². The maximum atomic E-state index is 10.6. The van der Waals surface area contributed by atoms with Gasteiger partial charge in [-0.15, -0.1) is 24.0 Å². The molecule has 0 unspecified atom stereocenters. The number of thiophene rings is 1. The van der Waals surface area contributed by atoms with Crippen LogP contribution < -0.4 is 0 Å². The predicted molar refractivity (Wildman–Crippen MR) is 54.5 cm³/mol. The van der Waals surface area contributed by atoms with Crippen molar-refractivity contribution in [1.82, 2.24) is 0 Å². The summed E-state index contributed by atoms with van der Waals surface area (Å²) in [5.41, 5.74) is 0. The van der Waals surface area contributed by atoms with E-state index in [4.69, 9.17) is 0 Å². The highest BCUT2D eigenvalue weighted by Gasteiger charge is 2.06. The third-order valence-electron chi connectivity index (χ3n) is 1.70. The Balaban J connectivity index is 2.87. The number of rotatable bonds is 1. The molecule has 0 radical (unpaired) electrons. The third-order valence-corrected chi connectivity index (χ3v) is 3.43. The Hall–Kier alpha value is -0.800. The molecule has 60 valence electrons. The summed E-state index contributed by atoms with van der Waals surface area (Å²) < 4.78 is 1.12. The van der Waals surface area contributed by atoms with Gasteiger partial charge < -0.3 is 0 Å². The molecule has 0 aliphatic heterocycles. The number of aldehydes is 1.